The Labute approximate surface area is 101 Å². The van der Waals surface area contributed by atoms with Gasteiger partial charge in [0, 0.05) is 12.6 Å². The zero-order chi connectivity index (χ0) is 12.1. The van der Waals surface area contributed by atoms with Crippen LogP contribution in [0.2, 0.25) is 0 Å². The van der Waals surface area contributed by atoms with E-state index in [-0.39, 0.29) is 18.6 Å². The number of carbonyl (C=O) groups is 1. The van der Waals surface area contributed by atoms with E-state index in [1.54, 1.807) is 0 Å². The summed E-state index contributed by atoms with van der Waals surface area (Å²) in [5, 5.41) is 12.0. The van der Waals surface area contributed by atoms with Crippen molar-refractivity contribution in [3.05, 3.63) is 35.9 Å². The first-order valence-electron chi connectivity index (χ1n) is 5.85. The molecule has 0 bridgehead atoms. The molecular formula is C13H17NO3. The number of aliphatic carboxylic acids is 1. The summed E-state index contributed by atoms with van der Waals surface area (Å²) in [6.07, 6.45) is 0.797. The van der Waals surface area contributed by atoms with Crippen molar-refractivity contribution >= 4 is 5.97 Å². The number of carboxylic acid groups (broad SMARTS) is 1. The van der Waals surface area contributed by atoms with E-state index in [1.807, 2.05) is 18.2 Å². The normalized spacial score (nSPS) is 24.5. The fraction of sp³-hybridized carbons (Fsp3) is 0.462. The summed E-state index contributed by atoms with van der Waals surface area (Å²) >= 11 is 0. The lowest BCUT2D eigenvalue weighted by Gasteiger charge is -2.29. The molecule has 2 atom stereocenters. The summed E-state index contributed by atoms with van der Waals surface area (Å²) in [5.74, 6) is -0.807. The molecule has 1 fully saturated rings. The first-order valence-corrected chi connectivity index (χ1v) is 5.85. The summed E-state index contributed by atoms with van der Waals surface area (Å²) in [6.45, 7) is 1.19. The molecule has 2 unspecified atom stereocenters. The van der Waals surface area contributed by atoms with Crippen LogP contribution in [0.3, 0.4) is 0 Å². The number of nitrogens with one attached hydrogen (secondary N) is 1. The molecule has 4 nitrogen and oxygen atoms in total. The summed E-state index contributed by atoms with van der Waals surface area (Å²) in [6, 6.07) is 10.5. The molecule has 1 aliphatic rings. The van der Waals surface area contributed by atoms with Crippen molar-refractivity contribution in [2.45, 2.75) is 25.0 Å². The van der Waals surface area contributed by atoms with Gasteiger partial charge in [0.1, 0.15) is 0 Å². The molecule has 0 aromatic heterocycles. The van der Waals surface area contributed by atoms with Gasteiger partial charge in [0.15, 0.2) is 0 Å². The number of ether oxygens (including phenoxy) is 1. The molecule has 4 heteroatoms. The number of morpholine rings is 1. The maximum Gasteiger partial charge on any atom is 0.306 e. The predicted molar refractivity (Wildman–Crippen MR) is 63.9 cm³/mol. The topological polar surface area (TPSA) is 58.6 Å². The Bertz CT molecular complexity index is 358. The molecule has 0 amide bonds. The van der Waals surface area contributed by atoms with Gasteiger partial charge < -0.3 is 15.2 Å². The average molecular weight is 235 g/mol. The summed E-state index contributed by atoms with van der Waals surface area (Å²) in [7, 11) is 0. The molecule has 2 N–H and O–H groups in total. The fourth-order valence-electron chi connectivity index (χ4n) is 2.02. The lowest BCUT2D eigenvalue weighted by atomic mass is 10.0. The maximum absolute atomic E-state index is 10.5. The largest absolute Gasteiger partial charge is 0.481 e. The second-order valence-electron chi connectivity index (χ2n) is 4.35. The molecule has 0 spiro atoms. The van der Waals surface area contributed by atoms with Gasteiger partial charge in [-0.25, -0.2) is 0 Å². The van der Waals surface area contributed by atoms with Crippen molar-refractivity contribution in [2.75, 3.05) is 13.2 Å². The Morgan fingerprint density at radius 3 is 2.76 bits per heavy atom. The Kier molecular flexibility index (Phi) is 4.12. The monoisotopic (exact) mass is 235 g/mol. The van der Waals surface area contributed by atoms with Crippen LogP contribution in [0.5, 0.6) is 0 Å². The van der Waals surface area contributed by atoms with Gasteiger partial charge in [-0.3, -0.25) is 4.79 Å². The number of carboxylic acids is 1. The van der Waals surface area contributed by atoms with Crippen LogP contribution in [0.1, 0.15) is 12.0 Å². The van der Waals surface area contributed by atoms with E-state index in [0.717, 1.165) is 6.42 Å². The van der Waals surface area contributed by atoms with Gasteiger partial charge >= 0.3 is 5.97 Å². The number of benzene rings is 1. The summed E-state index contributed by atoms with van der Waals surface area (Å²) in [4.78, 5) is 10.5. The van der Waals surface area contributed by atoms with Crippen LogP contribution in [-0.2, 0) is 16.0 Å². The second kappa shape index (κ2) is 5.80. The Balaban J connectivity index is 1.78. The molecule has 0 aliphatic carbocycles. The highest BCUT2D eigenvalue weighted by atomic mass is 16.5. The zero-order valence-corrected chi connectivity index (χ0v) is 9.63. The van der Waals surface area contributed by atoms with Gasteiger partial charge in [0.2, 0.25) is 0 Å². The molecule has 92 valence electrons. The van der Waals surface area contributed by atoms with Gasteiger partial charge in [0.05, 0.1) is 19.1 Å². The van der Waals surface area contributed by atoms with Crippen LogP contribution in [0.15, 0.2) is 30.3 Å². The molecule has 1 aliphatic heterocycles. The van der Waals surface area contributed by atoms with E-state index in [4.69, 9.17) is 9.84 Å². The quantitative estimate of drug-likeness (QED) is 0.819. The van der Waals surface area contributed by atoms with Crippen LogP contribution in [0, 0.1) is 0 Å². The van der Waals surface area contributed by atoms with Gasteiger partial charge in [-0.05, 0) is 12.0 Å². The van der Waals surface area contributed by atoms with Crippen molar-refractivity contribution in [1.82, 2.24) is 5.32 Å². The molecule has 1 saturated heterocycles. The van der Waals surface area contributed by atoms with E-state index in [9.17, 15) is 4.79 Å². The summed E-state index contributed by atoms with van der Waals surface area (Å²) in [5.41, 5.74) is 1.27. The number of rotatable bonds is 4. The zero-order valence-electron chi connectivity index (χ0n) is 9.63. The first-order chi connectivity index (χ1) is 8.24. The molecule has 0 saturated carbocycles. The number of hydrogen-bond acceptors (Lipinski definition) is 3. The molecule has 1 heterocycles. The van der Waals surface area contributed by atoms with E-state index in [0.29, 0.717) is 13.2 Å². The third kappa shape index (κ3) is 3.84. The fourth-order valence-corrected chi connectivity index (χ4v) is 2.02. The van der Waals surface area contributed by atoms with Crippen LogP contribution < -0.4 is 5.32 Å². The first kappa shape index (κ1) is 12.1. The molecule has 2 rings (SSSR count). The molecule has 17 heavy (non-hydrogen) atoms. The molecule has 1 aromatic rings. The van der Waals surface area contributed by atoms with Crippen LogP contribution in [-0.4, -0.2) is 36.4 Å². The minimum atomic E-state index is -0.807. The van der Waals surface area contributed by atoms with Crippen LogP contribution in [0.25, 0.3) is 0 Å². The van der Waals surface area contributed by atoms with Gasteiger partial charge in [-0.1, -0.05) is 30.3 Å². The SMILES string of the molecule is O=C(O)CC1CNC(Cc2ccccc2)CO1. The Morgan fingerprint density at radius 2 is 2.18 bits per heavy atom. The highest BCUT2D eigenvalue weighted by Gasteiger charge is 2.22. The molecule has 1 aromatic carbocycles. The predicted octanol–water partition coefficient (Wildman–Crippen LogP) is 1.06. The van der Waals surface area contributed by atoms with Crippen molar-refractivity contribution in [1.29, 1.82) is 0 Å². The van der Waals surface area contributed by atoms with E-state index >= 15 is 0 Å². The Hall–Kier alpha value is -1.39. The van der Waals surface area contributed by atoms with Crippen LogP contribution in [0.4, 0.5) is 0 Å². The van der Waals surface area contributed by atoms with Crippen molar-refractivity contribution in [3.8, 4) is 0 Å². The highest BCUT2D eigenvalue weighted by Crippen LogP contribution is 2.10. The average Bonchev–Trinajstić information content (AvgIpc) is 2.32. The summed E-state index contributed by atoms with van der Waals surface area (Å²) < 4.78 is 5.53. The Morgan fingerprint density at radius 1 is 1.41 bits per heavy atom. The lowest BCUT2D eigenvalue weighted by molar-refractivity contribution is -0.141. The highest BCUT2D eigenvalue weighted by molar-refractivity contribution is 5.67. The van der Waals surface area contributed by atoms with Crippen molar-refractivity contribution < 1.29 is 14.6 Å². The van der Waals surface area contributed by atoms with Crippen molar-refractivity contribution in [3.63, 3.8) is 0 Å². The standard InChI is InChI=1S/C13H17NO3/c15-13(16)7-12-8-14-11(9-17-12)6-10-4-2-1-3-5-10/h1-5,11-12,14H,6-9H2,(H,15,16). The minimum Gasteiger partial charge on any atom is -0.481 e. The molecule has 0 radical (unpaired) electrons. The van der Waals surface area contributed by atoms with Crippen LogP contribution >= 0.6 is 0 Å². The lowest BCUT2D eigenvalue weighted by Crippen LogP contribution is -2.47. The van der Waals surface area contributed by atoms with Gasteiger partial charge in [0.25, 0.3) is 0 Å². The van der Waals surface area contributed by atoms with E-state index in [1.165, 1.54) is 5.56 Å². The molecular weight excluding hydrogens is 218 g/mol. The number of hydrogen-bond donors (Lipinski definition) is 2. The van der Waals surface area contributed by atoms with Crippen molar-refractivity contribution in [2.24, 2.45) is 0 Å². The third-order valence-electron chi connectivity index (χ3n) is 2.89. The smallest absolute Gasteiger partial charge is 0.306 e. The second-order valence-corrected chi connectivity index (χ2v) is 4.35. The maximum atomic E-state index is 10.5. The van der Waals surface area contributed by atoms with E-state index in [2.05, 4.69) is 17.4 Å². The van der Waals surface area contributed by atoms with Gasteiger partial charge in [-0.15, -0.1) is 0 Å². The van der Waals surface area contributed by atoms with Gasteiger partial charge in [-0.2, -0.15) is 0 Å². The van der Waals surface area contributed by atoms with E-state index < -0.39 is 5.97 Å². The third-order valence-corrected chi connectivity index (χ3v) is 2.89. The minimum absolute atomic E-state index is 0.0745.